The Labute approximate surface area is 192 Å². The lowest BCUT2D eigenvalue weighted by Crippen LogP contribution is -2.46. The van der Waals surface area contributed by atoms with E-state index in [9.17, 15) is 18.8 Å². The van der Waals surface area contributed by atoms with Crippen LogP contribution in [-0.4, -0.2) is 42.3 Å². The SMILES string of the molecule is O=C(CCCNC(=O)C1CCCN(C(=O)Cc2ccc(F)cc2)C1)Nc1ccc(Cl)cc1. The molecule has 1 fully saturated rings. The van der Waals surface area contributed by atoms with Crippen molar-refractivity contribution in [3.63, 3.8) is 0 Å². The van der Waals surface area contributed by atoms with Gasteiger partial charge in [-0.15, -0.1) is 0 Å². The molecule has 3 amide bonds. The highest BCUT2D eigenvalue weighted by atomic mass is 35.5. The highest BCUT2D eigenvalue weighted by molar-refractivity contribution is 6.30. The summed E-state index contributed by atoms with van der Waals surface area (Å²) in [6.07, 6.45) is 2.48. The van der Waals surface area contributed by atoms with Crippen LogP contribution in [0.15, 0.2) is 48.5 Å². The Kier molecular flexibility index (Phi) is 8.62. The van der Waals surface area contributed by atoms with Gasteiger partial charge in [-0.3, -0.25) is 14.4 Å². The molecule has 32 heavy (non-hydrogen) atoms. The number of anilines is 1. The Morgan fingerprint density at radius 2 is 1.78 bits per heavy atom. The second kappa shape index (κ2) is 11.6. The van der Waals surface area contributed by atoms with Crippen LogP contribution < -0.4 is 10.6 Å². The van der Waals surface area contributed by atoms with Crippen LogP contribution in [-0.2, 0) is 20.8 Å². The van der Waals surface area contributed by atoms with Crippen molar-refractivity contribution < 1.29 is 18.8 Å². The number of carbonyl (C=O) groups excluding carboxylic acids is 3. The number of piperidine rings is 1. The monoisotopic (exact) mass is 459 g/mol. The van der Waals surface area contributed by atoms with Gasteiger partial charge in [0, 0.05) is 36.8 Å². The zero-order chi connectivity index (χ0) is 22.9. The molecular weight excluding hydrogens is 433 g/mol. The summed E-state index contributed by atoms with van der Waals surface area (Å²) < 4.78 is 13.0. The summed E-state index contributed by atoms with van der Waals surface area (Å²) in [7, 11) is 0. The second-order valence-corrected chi connectivity index (χ2v) is 8.37. The van der Waals surface area contributed by atoms with Gasteiger partial charge in [-0.25, -0.2) is 4.39 Å². The minimum Gasteiger partial charge on any atom is -0.356 e. The lowest BCUT2D eigenvalue weighted by Gasteiger charge is -2.32. The fourth-order valence-electron chi connectivity index (χ4n) is 3.67. The van der Waals surface area contributed by atoms with Crippen LogP contribution in [0, 0.1) is 11.7 Å². The first-order valence-corrected chi connectivity index (χ1v) is 11.1. The van der Waals surface area contributed by atoms with Gasteiger partial charge in [-0.2, -0.15) is 0 Å². The summed E-state index contributed by atoms with van der Waals surface area (Å²) in [5.74, 6) is -0.880. The molecular formula is C24H27ClFN3O3. The first kappa shape index (κ1) is 23.7. The molecule has 1 saturated heterocycles. The predicted molar refractivity (Wildman–Crippen MR) is 122 cm³/mol. The van der Waals surface area contributed by atoms with Gasteiger partial charge in [0.1, 0.15) is 5.82 Å². The summed E-state index contributed by atoms with van der Waals surface area (Å²) in [5.41, 5.74) is 1.43. The van der Waals surface area contributed by atoms with Crippen molar-refractivity contribution in [2.24, 2.45) is 5.92 Å². The van der Waals surface area contributed by atoms with E-state index in [1.165, 1.54) is 12.1 Å². The van der Waals surface area contributed by atoms with Crippen molar-refractivity contribution in [1.82, 2.24) is 10.2 Å². The van der Waals surface area contributed by atoms with Gasteiger partial charge in [0.2, 0.25) is 17.7 Å². The van der Waals surface area contributed by atoms with Gasteiger partial charge in [0.05, 0.1) is 12.3 Å². The second-order valence-electron chi connectivity index (χ2n) is 7.93. The zero-order valence-electron chi connectivity index (χ0n) is 17.8. The van der Waals surface area contributed by atoms with Crippen LogP contribution in [0.3, 0.4) is 0 Å². The molecule has 2 N–H and O–H groups in total. The third-order valence-electron chi connectivity index (χ3n) is 5.42. The number of halogens is 2. The van der Waals surface area contributed by atoms with Crippen LogP contribution in [0.25, 0.3) is 0 Å². The minimum atomic E-state index is -0.335. The lowest BCUT2D eigenvalue weighted by atomic mass is 9.96. The van der Waals surface area contributed by atoms with Crippen molar-refractivity contribution >= 4 is 35.0 Å². The molecule has 170 valence electrons. The number of hydrogen-bond donors (Lipinski definition) is 2. The van der Waals surface area contributed by atoms with E-state index in [0.717, 1.165) is 18.4 Å². The smallest absolute Gasteiger partial charge is 0.227 e. The Morgan fingerprint density at radius 1 is 1.06 bits per heavy atom. The standard InChI is InChI=1S/C24H27ClFN3O3/c25-19-7-11-21(12-8-19)28-22(30)4-1-13-27-24(32)18-3-2-14-29(16-18)23(31)15-17-5-9-20(26)10-6-17/h5-12,18H,1-4,13-16H2,(H,27,32)(H,28,30). The van der Waals surface area contributed by atoms with E-state index < -0.39 is 0 Å². The molecule has 1 atom stereocenters. The highest BCUT2D eigenvalue weighted by Crippen LogP contribution is 2.18. The average Bonchev–Trinajstić information content (AvgIpc) is 2.79. The van der Waals surface area contributed by atoms with E-state index in [1.54, 1.807) is 41.3 Å². The van der Waals surface area contributed by atoms with Gasteiger partial charge >= 0.3 is 0 Å². The molecule has 0 radical (unpaired) electrons. The van der Waals surface area contributed by atoms with Crippen LogP contribution in [0.4, 0.5) is 10.1 Å². The molecule has 1 aliphatic heterocycles. The van der Waals surface area contributed by atoms with Gasteiger partial charge in [-0.1, -0.05) is 23.7 Å². The molecule has 6 nitrogen and oxygen atoms in total. The summed E-state index contributed by atoms with van der Waals surface area (Å²) >= 11 is 5.83. The minimum absolute atomic E-state index is 0.0621. The molecule has 2 aromatic rings. The summed E-state index contributed by atoms with van der Waals surface area (Å²) in [5, 5.41) is 6.27. The van der Waals surface area contributed by atoms with E-state index in [4.69, 9.17) is 11.6 Å². The Bertz CT molecular complexity index is 935. The molecule has 1 aliphatic rings. The molecule has 2 aromatic carbocycles. The maximum atomic E-state index is 13.0. The lowest BCUT2D eigenvalue weighted by molar-refractivity contribution is -0.135. The van der Waals surface area contributed by atoms with Gasteiger partial charge < -0.3 is 15.5 Å². The van der Waals surface area contributed by atoms with E-state index >= 15 is 0 Å². The quantitative estimate of drug-likeness (QED) is 0.589. The molecule has 0 spiro atoms. The molecule has 8 heteroatoms. The Hall–Kier alpha value is -2.93. The van der Waals surface area contributed by atoms with Crippen molar-refractivity contribution in [3.8, 4) is 0 Å². The number of hydrogen-bond acceptors (Lipinski definition) is 3. The van der Waals surface area contributed by atoms with Crippen molar-refractivity contribution in [1.29, 1.82) is 0 Å². The normalized spacial score (nSPS) is 15.8. The Balaban J connectivity index is 1.37. The number of nitrogens with zero attached hydrogens (tertiary/aromatic N) is 1. The summed E-state index contributed by atoms with van der Waals surface area (Å²) in [4.78, 5) is 38.8. The van der Waals surface area contributed by atoms with Crippen molar-refractivity contribution in [2.75, 3.05) is 25.0 Å². The van der Waals surface area contributed by atoms with Gasteiger partial charge in [0.25, 0.3) is 0 Å². The Morgan fingerprint density at radius 3 is 2.50 bits per heavy atom. The van der Waals surface area contributed by atoms with Crippen LogP contribution in [0.1, 0.15) is 31.2 Å². The first-order chi connectivity index (χ1) is 15.4. The van der Waals surface area contributed by atoms with E-state index in [0.29, 0.717) is 36.8 Å². The molecule has 0 aliphatic carbocycles. The molecule has 0 aromatic heterocycles. The maximum absolute atomic E-state index is 13.0. The van der Waals surface area contributed by atoms with E-state index in [1.807, 2.05) is 0 Å². The average molecular weight is 460 g/mol. The van der Waals surface area contributed by atoms with E-state index in [-0.39, 0.29) is 42.3 Å². The number of rotatable bonds is 8. The topological polar surface area (TPSA) is 78.5 Å². The molecule has 0 bridgehead atoms. The number of carbonyl (C=O) groups is 3. The molecule has 3 rings (SSSR count). The molecule has 1 heterocycles. The van der Waals surface area contributed by atoms with Crippen LogP contribution in [0.5, 0.6) is 0 Å². The van der Waals surface area contributed by atoms with E-state index in [2.05, 4.69) is 10.6 Å². The highest BCUT2D eigenvalue weighted by Gasteiger charge is 2.28. The van der Waals surface area contributed by atoms with Crippen LogP contribution >= 0.6 is 11.6 Å². The fraction of sp³-hybridized carbons (Fsp3) is 0.375. The third-order valence-corrected chi connectivity index (χ3v) is 5.67. The van der Waals surface area contributed by atoms with Gasteiger partial charge in [-0.05, 0) is 61.2 Å². The number of likely N-dealkylation sites (tertiary alicyclic amines) is 1. The van der Waals surface area contributed by atoms with Crippen LogP contribution in [0.2, 0.25) is 5.02 Å². The maximum Gasteiger partial charge on any atom is 0.227 e. The largest absolute Gasteiger partial charge is 0.356 e. The third kappa shape index (κ3) is 7.34. The molecule has 1 unspecified atom stereocenters. The van der Waals surface area contributed by atoms with Gasteiger partial charge in [0.15, 0.2) is 0 Å². The predicted octanol–water partition coefficient (Wildman–Crippen LogP) is 3.80. The first-order valence-electron chi connectivity index (χ1n) is 10.8. The van der Waals surface area contributed by atoms with Crippen molar-refractivity contribution in [3.05, 3.63) is 64.9 Å². The molecule has 0 saturated carbocycles. The summed E-state index contributed by atoms with van der Waals surface area (Å²) in [6, 6.07) is 12.7. The fourth-order valence-corrected chi connectivity index (χ4v) is 3.79. The number of benzene rings is 2. The zero-order valence-corrected chi connectivity index (χ0v) is 18.5. The summed E-state index contributed by atoms with van der Waals surface area (Å²) in [6.45, 7) is 1.39. The number of nitrogens with one attached hydrogen (secondary N) is 2. The van der Waals surface area contributed by atoms with Crippen molar-refractivity contribution in [2.45, 2.75) is 32.1 Å². The number of amides is 3.